The van der Waals surface area contributed by atoms with E-state index in [0.717, 1.165) is 30.1 Å². The van der Waals surface area contributed by atoms with Crippen molar-refractivity contribution >= 4 is 0 Å². The monoisotopic (exact) mass is 231 g/mol. The maximum Gasteiger partial charge on any atom is 0.229 e. The molecular formula is C16H25N. The van der Waals surface area contributed by atoms with Gasteiger partial charge in [0.25, 0.3) is 0 Å². The van der Waals surface area contributed by atoms with Crippen molar-refractivity contribution in [3.05, 3.63) is 11.4 Å². The third-order valence-electron chi connectivity index (χ3n) is 6.71. The number of hydrogen-bond donors (Lipinski definition) is 0. The average Bonchev–Trinajstić information content (AvgIpc) is 2.81. The summed E-state index contributed by atoms with van der Waals surface area (Å²) >= 11 is 0. The molecule has 0 amide bonds. The van der Waals surface area contributed by atoms with Crippen LogP contribution in [0.1, 0.15) is 53.4 Å². The Morgan fingerprint density at radius 3 is 2.41 bits per heavy atom. The number of hydrogen-bond acceptors (Lipinski definition) is 0. The Bertz CT molecular complexity index is 377. The van der Waals surface area contributed by atoms with Crippen LogP contribution >= 0.6 is 0 Å². The molecule has 94 valence electrons. The van der Waals surface area contributed by atoms with Gasteiger partial charge in [-0.25, -0.2) is 6.57 Å². The Hall–Kier alpha value is -0.510. The van der Waals surface area contributed by atoms with E-state index in [0.29, 0.717) is 16.9 Å². The molecule has 0 spiro atoms. The highest BCUT2D eigenvalue weighted by Crippen LogP contribution is 2.73. The highest BCUT2D eigenvalue weighted by molar-refractivity contribution is 5.19. The maximum absolute atomic E-state index is 7.51. The molecule has 0 unspecified atom stereocenters. The fraction of sp³-hybridized carbons (Fsp3) is 0.938. The van der Waals surface area contributed by atoms with Crippen molar-refractivity contribution in [1.82, 2.24) is 0 Å². The Kier molecular flexibility index (Phi) is 2.23. The fourth-order valence-corrected chi connectivity index (χ4v) is 5.63. The van der Waals surface area contributed by atoms with Crippen molar-refractivity contribution < 1.29 is 0 Å². The van der Waals surface area contributed by atoms with Gasteiger partial charge < -0.3 is 4.85 Å². The maximum atomic E-state index is 7.51. The molecule has 0 heterocycles. The van der Waals surface area contributed by atoms with Crippen LogP contribution in [-0.2, 0) is 0 Å². The van der Waals surface area contributed by atoms with Crippen LogP contribution in [0.15, 0.2) is 0 Å². The number of nitrogens with zero attached hydrogens (tertiary/aromatic N) is 1. The molecule has 3 aliphatic carbocycles. The van der Waals surface area contributed by atoms with Crippen molar-refractivity contribution in [2.24, 2.45) is 34.5 Å². The molecule has 17 heavy (non-hydrogen) atoms. The summed E-state index contributed by atoms with van der Waals surface area (Å²) in [4.78, 5) is 3.99. The first-order chi connectivity index (χ1) is 7.93. The van der Waals surface area contributed by atoms with E-state index in [2.05, 4.69) is 32.5 Å². The molecule has 0 aliphatic heterocycles. The topological polar surface area (TPSA) is 4.36 Å². The Morgan fingerprint density at radius 1 is 1.06 bits per heavy atom. The van der Waals surface area contributed by atoms with E-state index in [4.69, 9.17) is 6.57 Å². The van der Waals surface area contributed by atoms with Crippen LogP contribution in [0.2, 0.25) is 0 Å². The fourth-order valence-electron chi connectivity index (χ4n) is 5.63. The highest BCUT2D eigenvalue weighted by atomic mass is 14.8. The van der Waals surface area contributed by atoms with Crippen molar-refractivity contribution in [3.8, 4) is 0 Å². The van der Waals surface area contributed by atoms with E-state index in [9.17, 15) is 0 Å². The van der Waals surface area contributed by atoms with Gasteiger partial charge >= 0.3 is 0 Å². The lowest BCUT2D eigenvalue weighted by Gasteiger charge is -2.48. The average molecular weight is 231 g/mol. The van der Waals surface area contributed by atoms with Gasteiger partial charge in [-0.05, 0) is 48.3 Å². The first-order valence-corrected chi connectivity index (χ1v) is 7.29. The van der Waals surface area contributed by atoms with E-state index in [1.807, 2.05) is 0 Å². The molecule has 0 aromatic carbocycles. The lowest BCUT2D eigenvalue weighted by molar-refractivity contribution is 0.00371. The second kappa shape index (κ2) is 3.28. The zero-order chi connectivity index (χ0) is 12.4. The van der Waals surface area contributed by atoms with Crippen molar-refractivity contribution in [2.75, 3.05) is 0 Å². The van der Waals surface area contributed by atoms with Crippen molar-refractivity contribution in [2.45, 2.75) is 59.4 Å². The predicted octanol–water partition coefficient (Wildman–Crippen LogP) is 4.39. The Morgan fingerprint density at radius 2 is 1.76 bits per heavy atom. The van der Waals surface area contributed by atoms with Gasteiger partial charge in [0.1, 0.15) is 0 Å². The molecule has 6 atom stereocenters. The summed E-state index contributed by atoms with van der Waals surface area (Å²) < 4.78 is 0. The summed E-state index contributed by atoms with van der Waals surface area (Å²) in [7, 11) is 0. The van der Waals surface area contributed by atoms with Gasteiger partial charge in [0, 0.05) is 11.8 Å². The summed E-state index contributed by atoms with van der Waals surface area (Å²) in [5.41, 5.74) is 0.898. The lowest BCUT2D eigenvalue weighted by Crippen LogP contribution is -2.48. The summed E-state index contributed by atoms with van der Waals surface area (Å²) in [5.74, 6) is 3.55. The van der Waals surface area contributed by atoms with Crippen LogP contribution in [-0.4, -0.2) is 6.04 Å². The van der Waals surface area contributed by atoms with E-state index >= 15 is 0 Å². The number of rotatable bonds is 0. The molecule has 3 rings (SSSR count). The van der Waals surface area contributed by atoms with Gasteiger partial charge in [-0.3, -0.25) is 0 Å². The van der Waals surface area contributed by atoms with Gasteiger partial charge in [0.15, 0.2) is 0 Å². The predicted molar refractivity (Wildman–Crippen MR) is 70.4 cm³/mol. The van der Waals surface area contributed by atoms with E-state index < -0.39 is 0 Å². The van der Waals surface area contributed by atoms with Gasteiger partial charge in [0.2, 0.25) is 6.04 Å². The zero-order valence-corrected chi connectivity index (χ0v) is 11.7. The van der Waals surface area contributed by atoms with E-state index in [1.165, 1.54) is 19.3 Å². The molecule has 0 radical (unpaired) electrons. The minimum absolute atomic E-state index is 0.307. The van der Waals surface area contributed by atoms with Crippen molar-refractivity contribution in [3.63, 3.8) is 0 Å². The SMILES string of the molecule is [C-]#[N+][C@H]1CC[C@@H](C)[C@H]2[C@H]3[C@@H](CC[C@@]21C)C3(C)C. The van der Waals surface area contributed by atoms with Gasteiger partial charge in [-0.2, -0.15) is 0 Å². The molecule has 0 saturated heterocycles. The summed E-state index contributed by atoms with van der Waals surface area (Å²) in [6.07, 6.45) is 5.12. The van der Waals surface area contributed by atoms with Crippen LogP contribution < -0.4 is 0 Å². The summed E-state index contributed by atoms with van der Waals surface area (Å²) in [5, 5.41) is 0. The summed E-state index contributed by atoms with van der Waals surface area (Å²) in [6.45, 7) is 17.3. The van der Waals surface area contributed by atoms with Gasteiger partial charge in [-0.15, -0.1) is 0 Å². The molecule has 0 N–H and O–H groups in total. The molecule has 0 aromatic heterocycles. The normalized spacial score (nSPS) is 55.4. The largest absolute Gasteiger partial charge is 0.313 e. The quantitative estimate of drug-likeness (QED) is 0.544. The third-order valence-corrected chi connectivity index (χ3v) is 6.71. The molecule has 3 fully saturated rings. The second-order valence-electron chi connectivity index (χ2n) is 7.72. The van der Waals surface area contributed by atoms with E-state index in [-0.39, 0.29) is 0 Å². The second-order valence-corrected chi connectivity index (χ2v) is 7.72. The lowest BCUT2D eigenvalue weighted by atomic mass is 9.54. The molecule has 3 aliphatic rings. The van der Waals surface area contributed by atoms with Crippen molar-refractivity contribution in [1.29, 1.82) is 0 Å². The molecule has 1 heteroatoms. The summed E-state index contributed by atoms with van der Waals surface area (Å²) in [6, 6.07) is 0.307. The molecular weight excluding hydrogens is 206 g/mol. The molecule has 0 aromatic rings. The van der Waals surface area contributed by atoms with Gasteiger partial charge in [-0.1, -0.05) is 27.7 Å². The van der Waals surface area contributed by atoms with E-state index in [1.54, 1.807) is 0 Å². The molecule has 1 nitrogen and oxygen atoms in total. The van der Waals surface area contributed by atoms with Crippen LogP contribution in [0.25, 0.3) is 4.85 Å². The highest BCUT2D eigenvalue weighted by Gasteiger charge is 2.70. The standard InChI is InChI=1S/C16H25N/c1-10-6-7-12(17-5)16(4)9-8-11-14(13(10)16)15(11,2)3/h10-14H,6-9H2,1-4H3/t10-,11-,12+,13+,14-,16-/m1/s1. The van der Waals surface area contributed by atoms with Crippen LogP contribution in [0, 0.1) is 41.1 Å². The van der Waals surface area contributed by atoms with Crippen LogP contribution in [0.5, 0.6) is 0 Å². The minimum Gasteiger partial charge on any atom is -0.313 e. The first-order valence-electron chi connectivity index (χ1n) is 7.29. The zero-order valence-electron chi connectivity index (χ0n) is 11.7. The van der Waals surface area contributed by atoms with Gasteiger partial charge in [0.05, 0.1) is 0 Å². The molecule has 0 bridgehead atoms. The first kappa shape index (κ1) is 11.6. The Balaban J connectivity index is 1.97. The number of fused-ring (bicyclic) bond motifs is 3. The van der Waals surface area contributed by atoms with Crippen LogP contribution in [0.3, 0.4) is 0 Å². The third kappa shape index (κ3) is 1.30. The Labute approximate surface area is 106 Å². The minimum atomic E-state index is 0.307. The molecule has 3 saturated carbocycles. The van der Waals surface area contributed by atoms with Crippen LogP contribution in [0.4, 0.5) is 0 Å². The smallest absolute Gasteiger partial charge is 0.229 e.